The van der Waals surface area contributed by atoms with E-state index in [4.69, 9.17) is 11.0 Å². The summed E-state index contributed by atoms with van der Waals surface area (Å²) in [6.45, 7) is 1.72. The minimum Gasteiger partial charge on any atom is -0.364 e. The predicted molar refractivity (Wildman–Crippen MR) is 81.7 cm³/mol. The smallest absolute Gasteiger partial charge is 0.265 e. The Morgan fingerprint density at radius 3 is 2.55 bits per heavy atom. The highest BCUT2D eigenvalue weighted by atomic mass is 19.1. The molecule has 0 bridgehead atoms. The number of amides is 1. The molecule has 4 nitrogen and oxygen atoms in total. The van der Waals surface area contributed by atoms with Gasteiger partial charge in [0.15, 0.2) is 0 Å². The molecule has 0 saturated heterocycles. The van der Waals surface area contributed by atoms with E-state index in [-0.39, 0.29) is 5.69 Å². The van der Waals surface area contributed by atoms with Gasteiger partial charge < -0.3 is 10.7 Å². The number of rotatable bonds is 2. The molecule has 0 spiro atoms. The Labute approximate surface area is 126 Å². The van der Waals surface area contributed by atoms with Crippen LogP contribution < -0.4 is 5.73 Å². The van der Waals surface area contributed by atoms with Gasteiger partial charge in [-0.15, -0.1) is 0 Å². The van der Waals surface area contributed by atoms with E-state index in [0.717, 1.165) is 5.56 Å². The van der Waals surface area contributed by atoms with Crippen molar-refractivity contribution in [1.82, 2.24) is 4.98 Å². The van der Waals surface area contributed by atoms with Gasteiger partial charge in [-0.1, -0.05) is 12.1 Å². The lowest BCUT2D eigenvalue weighted by molar-refractivity contribution is 0.0996. The molecule has 3 aromatic rings. The number of primary amides is 1. The highest BCUT2D eigenvalue weighted by molar-refractivity contribution is 6.04. The predicted octanol–water partition coefficient (Wildman–Crippen LogP) is 3.25. The normalized spacial score (nSPS) is 10.6. The maximum atomic E-state index is 13.9. The van der Waals surface area contributed by atoms with Gasteiger partial charge in [-0.25, -0.2) is 4.39 Å². The van der Waals surface area contributed by atoms with Crippen LogP contribution >= 0.6 is 0 Å². The zero-order valence-corrected chi connectivity index (χ0v) is 11.8. The fraction of sp³-hybridized carbons (Fsp3) is 0.0588. The van der Waals surface area contributed by atoms with Crippen LogP contribution in [0, 0.1) is 24.1 Å². The number of nitriles is 1. The second-order valence-electron chi connectivity index (χ2n) is 5.05. The number of aromatic nitrogens is 1. The Balaban J connectivity index is 2.31. The minimum absolute atomic E-state index is 0.274. The summed E-state index contributed by atoms with van der Waals surface area (Å²) in [5, 5.41) is 9.47. The lowest BCUT2D eigenvalue weighted by atomic mass is 10.0. The number of aryl methyl sites for hydroxylation is 1. The Morgan fingerprint density at radius 1 is 1.27 bits per heavy atom. The molecule has 0 radical (unpaired) electrons. The highest BCUT2D eigenvalue weighted by Crippen LogP contribution is 2.32. The second-order valence-corrected chi connectivity index (χ2v) is 5.05. The maximum absolute atomic E-state index is 13.9. The largest absolute Gasteiger partial charge is 0.364 e. The number of hydrogen-bond donors (Lipinski definition) is 2. The third-order valence-corrected chi connectivity index (χ3v) is 3.70. The van der Waals surface area contributed by atoms with Crippen molar-refractivity contribution in [2.24, 2.45) is 5.73 Å². The van der Waals surface area contributed by atoms with Crippen molar-refractivity contribution in [1.29, 1.82) is 5.26 Å². The van der Waals surface area contributed by atoms with E-state index in [2.05, 4.69) is 4.98 Å². The van der Waals surface area contributed by atoms with Gasteiger partial charge in [-0.05, 0) is 42.3 Å². The summed E-state index contributed by atoms with van der Waals surface area (Å²) < 4.78 is 13.9. The summed E-state index contributed by atoms with van der Waals surface area (Å²) in [5.41, 5.74) is 8.79. The Hall–Kier alpha value is -3.13. The summed E-state index contributed by atoms with van der Waals surface area (Å²) in [5.74, 6) is -0.982. The van der Waals surface area contributed by atoms with Gasteiger partial charge in [0.1, 0.15) is 11.5 Å². The lowest BCUT2D eigenvalue weighted by Crippen LogP contribution is -2.12. The number of H-pyrrole nitrogens is 1. The number of halogens is 1. The zero-order chi connectivity index (χ0) is 15.9. The summed E-state index contributed by atoms with van der Waals surface area (Å²) in [4.78, 5) is 14.4. The number of benzene rings is 2. The third-order valence-electron chi connectivity index (χ3n) is 3.70. The molecule has 0 aliphatic rings. The maximum Gasteiger partial charge on any atom is 0.265 e. The molecule has 108 valence electrons. The number of hydrogen-bond acceptors (Lipinski definition) is 2. The van der Waals surface area contributed by atoms with Crippen LogP contribution in [-0.4, -0.2) is 10.9 Å². The van der Waals surface area contributed by atoms with Crippen LogP contribution in [0.4, 0.5) is 4.39 Å². The van der Waals surface area contributed by atoms with E-state index in [1.165, 1.54) is 12.1 Å². The first kappa shape index (κ1) is 13.8. The quantitative estimate of drug-likeness (QED) is 0.760. The van der Waals surface area contributed by atoms with Gasteiger partial charge in [0.2, 0.25) is 0 Å². The number of fused-ring (bicyclic) bond motifs is 1. The lowest BCUT2D eigenvalue weighted by Gasteiger charge is -2.05. The van der Waals surface area contributed by atoms with E-state index in [1.807, 2.05) is 6.07 Å². The SMILES string of the molecule is Cc1c(C(N)=O)[nH]c2c(-c3ccc(C#N)cc3)cc(F)cc12. The molecule has 1 aromatic heterocycles. The molecule has 0 aliphatic heterocycles. The van der Waals surface area contributed by atoms with E-state index < -0.39 is 11.7 Å². The van der Waals surface area contributed by atoms with E-state index in [0.29, 0.717) is 27.6 Å². The monoisotopic (exact) mass is 293 g/mol. The molecule has 0 atom stereocenters. The molecule has 22 heavy (non-hydrogen) atoms. The average Bonchev–Trinajstić information content (AvgIpc) is 2.84. The molecular weight excluding hydrogens is 281 g/mol. The van der Waals surface area contributed by atoms with Crippen LogP contribution in [0.3, 0.4) is 0 Å². The van der Waals surface area contributed by atoms with Gasteiger partial charge in [-0.3, -0.25) is 4.79 Å². The Morgan fingerprint density at radius 2 is 1.95 bits per heavy atom. The number of carbonyl (C=O) groups is 1. The number of carbonyl (C=O) groups excluding carboxylic acids is 1. The van der Waals surface area contributed by atoms with Crippen molar-refractivity contribution in [3.8, 4) is 17.2 Å². The number of aromatic amines is 1. The fourth-order valence-corrected chi connectivity index (χ4v) is 2.59. The van der Waals surface area contributed by atoms with Gasteiger partial charge >= 0.3 is 0 Å². The molecule has 3 rings (SSSR count). The van der Waals surface area contributed by atoms with Crippen molar-refractivity contribution < 1.29 is 9.18 Å². The first-order valence-corrected chi connectivity index (χ1v) is 6.63. The van der Waals surface area contributed by atoms with Crippen LogP contribution in [0.15, 0.2) is 36.4 Å². The molecule has 5 heteroatoms. The van der Waals surface area contributed by atoms with Crippen molar-refractivity contribution in [3.63, 3.8) is 0 Å². The summed E-state index contributed by atoms with van der Waals surface area (Å²) in [6, 6.07) is 11.6. The van der Waals surface area contributed by atoms with Gasteiger partial charge in [-0.2, -0.15) is 5.26 Å². The molecule has 1 heterocycles. The fourth-order valence-electron chi connectivity index (χ4n) is 2.59. The molecule has 0 saturated carbocycles. The average molecular weight is 293 g/mol. The molecule has 0 aliphatic carbocycles. The minimum atomic E-state index is -0.583. The standard InChI is InChI=1S/C17H12FN3O/c1-9-13-6-12(18)7-14(16(13)21-15(9)17(20)22)11-4-2-10(8-19)3-5-11/h2-7,21H,1H3,(H2,20,22). The summed E-state index contributed by atoms with van der Waals surface area (Å²) in [6.07, 6.45) is 0. The zero-order valence-electron chi connectivity index (χ0n) is 11.8. The molecule has 0 fully saturated rings. The molecule has 2 aromatic carbocycles. The van der Waals surface area contributed by atoms with Crippen molar-refractivity contribution in [2.75, 3.05) is 0 Å². The first-order chi connectivity index (χ1) is 10.5. The number of nitrogens with two attached hydrogens (primary N) is 1. The van der Waals surface area contributed by atoms with Crippen LogP contribution in [0.25, 0.3) is 22.0 Å². The van der Waals surface area contributed by atoms with Gasteiger partial charge in [0.25, 0.3) is 5.91 Å². The van der Waals surface area contributed by atoms with Crippen LogP contribution in [-0.2, 0) is 0 Å². The van der Waals surface area contributed by atoms with E-state index in [1.54, 1.807) is 31.2 Å². The summed E-state index contributed by atoms with van der Waals surface area (Å²) in [7, 11) is 0. The Kier molecular flexibility index (Phi) is 3.15. The third kappa shape index (κ3) is 2.11. The molecular formula is C17H12FN3O. The van der Waals surface area contributed by atoms with Crippen LogP contribution in [0.5, 0.6) is 0 Å². The van der Waals surface area contributed by atoms with Crippen LogP contribution in [0.2, 0.25) is 0 Å². The Bertz CT molecular complexity index is 933. The number of nitrogens with zero attached hydrogens (tertiary/aromatic N) is 1. The highest BCUT2D eigenvalue weighted by Gasteiger charge is 2.16. The van der Waals surface area contributed by atoms with Gasteiger partial charge in [0.05, 0.1) is 17.1 Å². The summed E-state index contributed by atoms with van der Waals surface area (Å²) >= 11 is 0. The van der Waals surface area contributed by atoms with E-state index >= 15 is 0 Å². The van der Waals surface area contributed by atoms with E-state index in [9.17, 15) is 9.18 Å². The second kappa shape index (κ2) is 5.01. The van der Waals surface area contributed by atoms with Gasteiger partial charge in [0, 0.05) is 10.9 Å². The molecule has 0 unspecified atom stereocenters. The molecule has 1 amide bonds. The topological polar surface area (TPSA) is 82.7 Å². The van der Waals surface area contributed by atoms with Crippen LogP contribution in [0.1, 0.15) is 21.6 Å². The van der Waals surface area contributed by atoms with Crippen molar-refractivity contribution >= 4 is 16.8 Å². The molecule has 3 N–H and O–H groups in total. The number of nitrogens with one attached hydrogen (secondary N) is 1. The van der Waals surface area contributed by atoms with Crippen molar-refractivity contribution in [2.45, 2.75) is 6.92 Å². The first-order valence-electron chi connectivity index (χ1n) is 6.63. The van der Waals surface area contributed by atoms with Crippen molar-refractivity contribution in [3.05, 3.63) is 59.0 Å².